The Bertz CT molecular complexity index is 980. The van der Waals surface area contributed by atoms with E-state index in [0.717, 1.165) is 0 Å². The van der Waals surface area contributed by atoms with E-state index in [1.165, 1.54) is 36.5 Å². The van der Waals surface area contributed by atoms with Crippen molar-refractivity contribution in [2.75, 3.05) is 5.32 Å². The number of anilines is 1. The molecule has 2 rings (SSSR count). The van der Waals surface area contributed by atoms with E-state index in [4.69, 9.17) is 10.4 Å². The van der Waals surface area contributed by atoms with Crippen LogP contribution >= 0.6 is 0 Å². The van der Waals surface area contributed by atoms with Gasteiger partial charge < -0.3 is 10.6 Å². The Balaban J connectivity index is 2.02. The Hall–Kier alpha value is -3.22. The minimum absolute atomic E-state index is 0.0990. The molecule has 7 nitrogen and oxygen atoms in total. The molecule has 134 valence electrons. The summed E-state index contributed by atoms with van der Waals surface area (Å²) < 4.78 is 35.9. The zero-order chi connectivity index (χ0) is 19.2. The van der Waals surface area contributed by atoms with Crippen LogP contribution < -0.4 is 15.8 Å². The highest BCUT2D eigenvalue weighted by Crippen LogP contribution is 2.13. The molecule has 0 heterocycles. The second kappa shape index (κ2) is 8.24. The minimum atomic E-state index is -3.83. The van der Waals surface area contributed by atoms with Gasteiger partial charge in [-0.3, -0.25) is 4.79 Å². The standard InChI is InChI=1S/C17H15FN4O3S/c18-16-4-2-1-3-12(16)10-21-11-13(9-19)17(23)22-14-5-7-15(8-6-14)26(20,24)25/h1-8,11,21H,10H2,(H,22,23)(H2,20,24,25)/b13-11-. The van der Waals surface area contributed by atoms with Crippen LogP contribution in [0.1, 0.15) is 5.56 Å². The zero-order valence-corrected chi connectivity index (χ0v) is 14.3. The van der Waals surface area contributed by atoms with Crippen LogP contribution in [-0.4, -0.2) is 14.3 Å². The van der Waals surface area contributed by atoms with Gasteiger partial charge in [-0.1, -0.05) is 18.2 Å². The summed E-state index contributed by atoms with van der Waals surface area (Å²) in [4.78, 5) is 12.0. The van der Waals surface area contributed by atoms with E-state index >= 15 is 0 Å². The number of nitrogens with one attached hydrogen (secondary N) is 2. The van der Waals surface area contributed by atoms with Gasteiger partial charge in [-0.05, 0) is 30.3 Å². The molecule has 0 atom stereocenters. The average Bonchev–Trinajstić information content (AvgIpc) is 2.60. The van der Waals surface area contributed by atoms with Gasteiger partial charge in [0.2, 0.25) is 10.0 Å². The number of nitriles is 1. The van der Waals surface area contributed by atoms with Crippen molar-refractivity contribution < 1.29 is 17.6 Å². The number of benzene rings is 2. The van der Waals surface area contributed by atoms with Gasteiger partial charge in [0, 0.05) is 24.0 Å². The number of nitrogens with zero attached hydrogens (tertiary/aromatic N) is 1. The Morgan fingerprint density at radius 1 is 1.19 bits per heavy atom. The molecule has 0 bridgehead atoms. The second-order valence-corrected chi connectivity index (χ2v) is 6.73. The van der Waals surface area contributed by atoms with Crippen LogP contribution in [0.3, 0.4) is 0 Å². The summed E-state index contributed by atoms with van der Waals surface area (Å²) in [6, 6.07) is 13.0. The highest BCUT2D eigenvalue weighted by molar-refractivity contribution is 7.89. The lowest BCUT2D eigenvalue weighted by Gasteiger charge is -2.06. The van der Waals surface area contributed by atoms with Gasteiger partial charge >= 0.3 is 0 Å². The summed E-state index contributed by atoms with van der Waals surface area (Å²) >= 11 is 0. The first-order valence-corrected chi connectivity index (χ1v) is 8.87. The Kier molecular flexibility index (Phi) is 6.06. The number of halogens is 1. The number of amides is 1. The number of hydrogen-bond acceptors (Lipinski definition) is 5. The van der Waals surface area contributed by atoms with Gasteiger partial charge in [-0.25, -0.2) is 17.9 Å². The third-order valence-corrected chi connectivity index (χ3v) is 4.23. The fourth-order valence-electron chi connectivity index (χ4n) is 1.98. The third-order valence-electron chi connectivity index (χ3n) is 3.30. The van der Waals surface area contributed by atoms with Gasteiger partial charge in [-0.2, -0.15) is 5.26 Å². The van der Waals surface area contributed by atoms with E-state index in [1.807, 2.05) is 0 Å². The van der Waals surface area contributed by atoms with Crippen molar-refractivity contribution in [3.8, 4) is 6.07 Å². The van der Waals surface area contributed by atoms with Crippen LogP contribution in [0.2, 0.25) is 0 Å². The Morgan fingerprint density at radius 2 is 1.85 bits per heavy atom. The van der Waals surface area contributed by atoms with Crippen molar-refractivity contribution in [3.05, 3.63) is 71.7 Å². The highest BCUT2D eigenvalue weighted by atomic mass is 32.2. The predicted octanol–water partition coefficient (Wildman–Crippen LogP) is 1.61. The van der Waals surface area contributed by atoms with Crippen molar-refractivity contribution in [2.24, 2.45) is 5.14 Å². The monoisotopic (exact) mass is 374 g/mol. The maximum absolute atomic E-state index is 13.5. The van der Waals surface area contributed by atoms with E-state index in [2.05, 4.69) is 10.6 Å². The molecular weight excluding hydrogens is 359 g/mol. The van der Waals surface area contributed by atoms with Crippen molar-refractivity contribution in [3.63, 3.8) is 0 Å². The number of carbonyl (C=O) groups is 1. The Morgan fingerprint density at radius 3 is 2.42 bits per heavy atom. The lowest BCUT2D eigenvalue weighted by Crippen LogP contribution is -2.17. The summed E-state index contributed by atoms with van der Waals surface area (Å²) in [6.45, 7) is 0.105. The number of sulfonamides is 1. The molecule has 0 radical (unpaired) electrons. The first-order chi connectivity index (χ1) is 12.3. The van der Waals surface area contributed by atoms with Gasteiger partial charge in [0.1, 0.15) is 17.5 Å². The minimum Gasteiger partial charge on any atom is -0.385 e. The molecule has 26 heavy (non-hydrogen) atoms. The molecule has 2 aromatic rings. The topological polar surface area (TPSA) is 125 Å². The maximum atomic E-state index is 13.5. The molecule has 9 heteroatoms. The van der Waals surface area contributed by atoms with Crippen molar-refractivity contribution in [2.45, 2.75) is 11.4 Å². The molecule has 0 saturated heterocycles. The van der Waals surface area contributed by atoms with E-state index < -0.39 is 21.7 Å². The van der Waals surface area contributed by atoms with Crippen LogP contribution in [0.15, 0.2) is 65.2 Å². The number of primary sulfonamides is 1. The van der Waals surface area contributed by atoms with Crippen LogP contribution in [-0.2, 0) is 21.4 Å². The van der Waals surface area contributed by atoms with Crippen LogP contribution in [0.4, 0.5) is 10.1 Å². The molecule has 0 unspecified atom stereocenters. The van der Waals surface area contributed by atoms with Crippen LogP contribution in [0.25, 0.3) is 0 Å². The quantitative estimate of drug-likeness (QED) is 0.523. The summed E-state index contributed by atoms with van der Waals surface area (Å²) in [7, 11) is -3.83. The summed E-state index contributed by atoms with van der Waals surface area (Å²) in [6.07, 6.45) is 1.18. The van der Waals surface area contributed by atoms with Gasteiger partial charge in [0.05, 0.1) is 4.90 Å². The van der Waals surface area contributed by atoms with Gasteiger partial charge in [-0.15, -0.1) is 0 Å². The SMILES string of the molecule is N#C/C(=C/NCc1ccccc1F)C(=O)Nc1ccc(S(N)(=O)=O)cc1. The molecule has 2 aromatic carbocycles. The molecular formula is C17H15FN4O3S. The molecule has 0 aromatic heterocycles. The third kappa shape index (κ3) is 5.14. The largest absolute Gasteiger partial charge is 0.385 e. The smallest absolute Gasteiger partial charge is 0.267 e. The zero-order valence-electron chi connectivity index (χ0n) is 13.4. The molecule has 1 amide bonds. The number of carbonyl (C=O) groups excluding carboxylic acids is 1. The lowest BCUT2D eigenvalue weighted by molar-refractivity contribution is -0.112. The molecule has 0 aliphatic heterocycles. The van der Waals surface area contributed by atoms with Crippen LogP contribution in [0, 0.1) is 17.1 Å². The second-order valence-electron chi connectivity index (χ2n) is 5.17. The lowest BCUT2D eigenvalue weighted by atomic mass is 10.2. The highest BCUT2D eigenvalue weighted by Gasteiger charge is 2.11. The first kappa shape index (κ1) is 19.1. The number of nitrogens with two attached hydrogens (primary N) is 1. The summed E-state index contributed by atoms with van der Waals surface area (Å²) in [5, 5.41) is 19.2. The molecule has 0 aliphatic carbocycles. The first-order valence-electron chi connectivity index (χ1n) is 7.32. The fourth-order valence-corrected chi connectivity index (χ4v) is 2.50. The molecule has 0 aliphatic rings. The fraction of sp³-hybridized carbons (Fsp3) is 0.0588. The van der Waals surface area contributed by atoms with Crippen LogP contribution in [0.5, 0.6) is 0 Å². The van der Waals surface area contributed by atoms with E-state index in [1.54, 1.807) is 24.3 Å². The normalized spacial score (nSPS) is 11.5. The number of rotatable bonds is 6. The summed E-state index contributed by atoms with van der Waals surface area (Å²) in [5.41, 5.74) is 0.453. The van der Waals surface area contributed by atoms with Crippen molar-refractivity contribution >= 4 is 21.6 Å². The average molecular weight is 374 g/mol. The molecule has 4 N–H and O–H groups in total. The summed E-state index contributed by atoms with van der Waals surface area (Å²) in [5.74, 6) is -1.09. The van der Waals surface area contributed by atoms with Crippen molar-refractivity contribution in [1.82, 2.24) is 5.32 Å². The molecule has 0 spiro atoms. The molecule has 0 saturated carbocycles. The maximum Gasteiger partial charge on any atom is 0.267 e. The van der Waals surface area contributed by atoms with E-state index in [-0.39, 0.29) is 22.7 Å². The Labute approximate surface area is 150 Å². The predicted molar refractivity (Wildman–Crippen MR) is 93.4 cm³/mol. The van der Waals surface area contributed by atoms with Gasteiger partial charge in [0.15, 0.2) is 0 Å². The number of hydrogen-bond donors (Lipinski definition) is 3. The van der Waals surface area contributed by atoms with Gasteiger partial charge in [0.25, 0.3) is 5.91 Å². The van der Waals surface area contributed by atoms with E-state index in [0.29, 0.717) is 5.56 Å². The van der Waals surface area contributed by atoms with Crippen molar-refractivity contribution in [1.29, 1.82) is 5.26 Å². The molecule has 0 fully saturated rings. The van der Waals surface area contributed by atoms with E-state index in [9.17, 15) is 17.6 Å².